The molecule has 0 bridgehead atoms. The summed E-state index contributed by atoms with van der Waals surface area (Å²) in [7, 11) is 0. The van der Waals surface area contributed by atoms with E-state index in [0.717, 1.165) is 17.2 Å². The first-order valence-electron chi connectivity index (χ1n) is 7.11. The van der Waals surface area contributed by atoms with Gasteiger partial charge in [-0.3, -0.25) is 4.79 Å². The minimum absolute atomic E-state index is 0.0717. The van der Waals surface area contributed by atoms with E-state index in [1.54, 1.807) is 11.3 Å². The quantitative estimate of drug-likeness (QED) is 0.827. The lowest BCUT2D eigenvalue weighted by atomic mass is 9.77. The number of carbonyl (C=O) groups is 1. The molecule has 3 unspecified atom stereocenters. The molecule has 18 heavy (non-hydrogen) atoms. The van der Waals surface area contributed by atoms with Gasteiger partial charge in [0, 0.05) is 10.9 Å². The van der Waals surface area contributed by atoms with Crippen LogP contribution in [0.25, 0.3) is 0 Å². The van der Waals surface area contributed by atoms with E-state index in [4.69, 9.17) is 0 Å². The number of aryl methyl sites for hydroxylation is 1. The van der Waals surface area contributed by atoms with Gasteiger partial charge in [-0.2, -0.15) is 0 Å². The van der Waals surface area contributed by atoms with Gasteiger partial charge in [0.1, 0.15) is 0 Å². The fourth-order valence-electron chi connectivity index (χ4n) is 3.44. The van der Waals surface area contributed by atoms with Crippen LogP contribution in [0.3, 0.4) is 0 Å². The van der Waals surface area contributed by atoms with Crippen LogP contribution in [0.15, 0.2) is 12.1 Å². The summed E-state index contributed by atoms with van der Waals surface area (Å²) in [6.07, 6.45) is 7.59. The van der Waals surface area contributed by atoms with Gasteiger partial charge in [-0.25, -0.2) is 0 Å². The third-order valence-corrected chi connectivity index (χ3v) is 5.47. The summed E-state index contributed by atoms with van der Waals surface area (Å²) in [6, 6.07) is 4.70. The largest absolute Gasteiger partial charge is 0.304 e. The van der Waals surface area contributed by atoms with E-state index < -0.39 is 0 Å². The Labute approximate surface area is 113 Å². The van der Waals surface area contributed by atoms with Crippen molar-refractivity contribution in [3.05, 3.63) is 21.9 Å². The van der Waals surface area contributed by atoms with Crippen molar-refractivity contribution < 1.29 is 4.79 Å². The molecule has 3 atom stereocenters. The Morgan fingerprint density at radius 3 is 2.83 bits per heavy atom. The summed E-state index contributed by atoms with van der Waals surface area (Å²) in [5.74, 6) is 1.14. The zero-order valence-electron chi connectivity index (χ0n) is 10.9. The number of piperidine rings is 1. The smallest absolute Gasteiger partial charge is 0.189 e. The highest BCUT2D eigenvalue weighted by atomic mass is 32.1. The lowest BCUT2D eigenvalue weighted by Gasteiger charge is -2.39. The molecule has 1 saturated carbocycles. The maximum Gasteiger partial charge on any atom is 0.189 e. The molecule has 2 aliphatic rings. The molecular weight excluding hydrogens is 242 g/mol. The topological polar surface area (TPSA) is 29.1 Å². The number of thiophene rings is 1. The summed E-state index contributed by atoms with van der Waals surface area (Å²) < 4.78 is 0. The van der Waals surface area contributed by atoms with E-state index in [0.29, 0.717) is 11.8 Å². The third kappa shape index (κ3) is 2.39. The summed E-state index contributed by atoms with van der Waals surface area (Å²) >= 11 is 1.63. The average Bonchev–Trinajstić information content (AvgIpc) is 2.84. The molecule has 0 spiro atoms. The molecule has 2 fully saturated rings. The van der Waals surface area contributed by atoms with Crippen LogP contribution in [0.5, 0.6) is 0 Å². The highest BCUT2D eigenvalue weighted by molar-refractivity contribution is 7.14. The van der Waals surface area contributed by atoms with Crippen molar-refractivity contribution in [2.24, 2.45) is 5.92 Å². The Morgan fingerprint density at radius 2 is 2.06 bits per heavy atom. The van der Waals surface area contributed by atoms with Crippen molar-refractivity contribution >= 4 is 17.1 Å². The zero-order valence-corrected chi connectivity index (χ0v) is 11.8. The molecule has 0 radical (unpaired) electrons. The van der Waals surface area contributed by atoms with Gasteiger partial charge in [0.15, 0.2) is 5.78 Å². The molecule has 3 rings (SSSR count). The van der Waals surface area contributed by atoms with Crippen molar-refractivity contribution in [1.82, 2.24) is 5.32 Å². The molecule has 1 aliphatic heterocycles. The van der Waals surface area contributed by atoms with Crippen molar-refractivity contribution in [3.63, 3.8) is 0 Å². The third-order valence-electron chi connectivity index (χ3n) is 4.45. The molecule has 1 aromatic heterocycles. The van der Waals surface area contributed by atoms with Crippen molar-refractivity contribution in [1.29, 1.82) is 0 Å². The number of ketones is 1. The van der Waals surface area contributed by atoms with Gasteiger partial charge in [0.05, 0.1) is 10.9 Å². The Hall–Kier alpha value is -0.670. The van der Waals surface area contributed by atoms with Gasteiger partial charge < -0.3 is 5.32 Å². The fourth-order valence-corrected chi connectivity index (χ4v) is 4.30. The lowest BCUT2D eigenvalue weighted by molar-refractivity contribution is 0.0865. The van der Waals surface area contributed by atoms with Gasteiger partial charge in [-0.1, -0.05) is 12.8 Å². The highest BCUT2D eigenvalue weighted by Gasteiger charge is 2.34. The van der Waals surface area contributed by atoms with Crippen molar-refractivity contribution in [2.45, 2.75) is 57.5 Å². The molecular formula is C15H21NOS. The van der Waals surface area contributed by atoms with Crippen LogP contribution >= 0.6 is 11.3 Å². The summed E-state index contributed by atoms with van der Waals surface area (Å²) in [6.45, 7) is 2.06. The average molecular weight is 263 g/mol. The first kappa shape index (κ1) is 12.4. The molecule has 1 N–H and O–H groups in total. The van der Waals surface area contributed by atoms with Gasteiger partial charge >= 0.3 is 0 Å². The first-order chi connectivity index (χ1) is 8.74. The predicted molar refractivity (Wildman–Crippen MR) is 75.3 cm³/mol. The molecule has 1 aliphatic carbocycles. The van der Waals surface area contributed by atoms with Gasteiger partial charge in [-0.15, -0.1) is 11.3 Å². The second-order valence-corrected chi connectivity index (χ2v) is 7.01. The van der Waals surface area contributed by atoms with Crippen molar-refractivity contribution in [2.75, 3.05) is 0 Å². The Bertz CT molecular complexity index is 439. The molecule has 1 aromatic rings. The lowest BCUT2D eigenvalue weighted by Crippen LogP contribution is -2.51. The predicted octanol–water partition coefficient (Wildman–Crippen LogP) is 3.55. The fraction of sp³-hybridized carbons (Fsp3) is 0.667. The van der Waals surface area contributed by atoms with E-state index in [1.807, 2.05) is 12.1 Å². The van der Waals surface area contributed by atoms with Crippen LogP contribution in [0.4, 0.5) is 0 Å². The monoisotopic (exact) mass is 263 g/mol. The van der Waals surface area contributed by atoms with E-state index in [9.17, 15) is 4.79 Å². The number of fused-ring (bicyclic) bond motifs is 1. The van der Waals surface area contributed by atoms with E-state index in [-0.39, 0.29) is 6.04 Å². The van der Waals surface area contributed by atoms with E-state index in [2.05, 4.69) is 12.2 Å². The van der Waals surface area contributed by atoms with Crippen molar-refractivity contribution in [3.8, 4) is 0 Å². The number of Topliss-reactive ketones (excluding diaryl/α,β-unsaturated/α-hetero) is 1. The summed E-state index contributed by atoms with van der Waals surface area (Å²) in [5, 5.41) is 3.62. The van der Waals surface area contributed by atoms with Crippen LogP contribution in [0.2, 0.25) is 0 Å². The van der Waals surface area contributed by atoms with Gasteiger partial charge in [-0.05, 0) is 50.7 Å². The second-order valence-electron chi connectivity index (χ2n) is 5.72. The van der Waals surface area contributed by atoms with Gasteiger partial charge in [0.25, 0.3) is 0 Å². The molecule has 2 heterocycles. The molecule has 3 heteroatoms. The molecule has 0 aromatic carbocycles. The minimum atomic E-state index is 0.0717. The molecule has 0 amide bonds. The minimum Gasteiger partial charge on any atom is -0.304 e. The first-order valence-corrected chi connectivity index (χ1v) is 7.92. The zero-order chi connectivity index (χ0) is 12.5. The number of hydrogen-bond donors (Lipinski definition) is 1. The SMILES string of the molecule is Cc1ccc(C(=O)C2CCC3CCCCC3N2)s1. The normalized spacial score (nSPS) is 31.9. The maximum atomic E-state index is 12.4. The van der Waals surface area contributed by atoms with Crippen LogP contribution in [-0.2, 0) is 0 Å². The highest BCUT2D eigenvalue weighted by Crippen LogP contribution is 2.33. The molecule has 2 nitrogen and oxygen atoms in total. The number of carbonyl (C=O) groups excluding carboxylic acids is 1. The van der Waals surface area contributed by atoms with E-state index in [1.165, 1.54) is 37.0 Å². The number of hydrogen-bond acceptors (Lipinski definition) is 3. The Balaban J connectivity index is 1.68. The summed E-state index contributed by atoms with van der Waals surface area (Å²) in [5.41, 5.74) is 0. The van der Waals surface area contributed by atoms with Crippen LogP contribution in [-0.4, -0.2) is 17.9 Å². The standard InChI is InChI=1S/C15H21NOS/c1-10-6-9-14(18-10)15(17)13-8-7-11-4-2-3-5-12(11)16-13/h6,9,11-13,16H,2-5,7-8H2,1H3. The van der Waals surface area contributed by atoms with Crippen LogP contribution in [0, 0.1) is 12.8 Å². The summed E-state index contributed by atoms with van der Waals surface area (Å²) in [4.78, 5) is 14.6. The second kappa shape index (κ2) is 5.14. The molecule has 1 saturated heterocycles. The number of rotatable bonds is 2. The Morgan fingerprint density at radius 1 is 1.22 bits per heavy atom. The number of nitrogens with one attached hydrogen (secondary N) is 1. The molecule has 98 valence electrons. The van der Waals surface area contributed by atoms with E-state index >= 15 is 0 Å². The van der Waals surface area contributed by atoms with Gasteiger partial charge in [0.2, 0.25) is 0 Å². The Kier molecular flexibility index (Phi) is 3.53. The maximum absolute atomic E-state index is 12.4. The van der Waals surface area contributed by atoms with Crippen LogP contribution < -0.4 is 5.32 Å². The van der Waals surface area contributed by atoms with Crippen LogP contribution in [0.1, 0.15) is 53.1 Å².